The lowest BCUT2D eigenvalue weighted by Crippen LogP contribution is -2.55. The molecule has 2 saturated heterocycles. The molecule has 2 aromatic rings. The molecule has 29 heavy (non-hydrogen) atoms. The Morgan fingerprint density at radius 2 is 1.59 bits per heavy atom. The van der Waals surface area contributed by atoms with E-state index < -0.39 is 0 Å². The number of halogens is 1. The van der Waals surface area contributed by atoms with Crippen molar-refractivity contribution < 1.29 is 9.13 Å². The number of benzene rings is 2. The van der Waals surface area contributed by atoms with Crippen LogP contribution < -0.4 is 15.5 Å². The van der Waals surface area contributed by atoms with Crippen LogP contribution in [-0.2, 0) is 4.74 Å². The van der Waals surface area contributed by atoms with Crippen molar-refractivity contribution in [1.82, 2.24) is 4.90 Å². The van der Waals surface area contributed by atoms with Crippen LogP contribution in [0.3, 0.4) is 0 Å². The van der Waals surface area contributed by atoms with Gasteiger partial charge in [-0.1, -0.05) is 12.1 Å². The molecule has 2 fully saturated rings. The van der Waals surface area contributed by atoms with Gasteiger partial charge in [-0.2, -0.15) is 0 Å². The van der Waals surface area contributed by atoms with E-state index in [1.165, 1.54) is 0 Å². The summed E-state index contributed by atoms with van der Waals surface area (Å²) >= 11 is 0. The summed E-state index contributed by atoms with van der Waals surface area (Å²) in [5, 5.41) is 0. The van der Waals surface area contributed by atoms with Crippen molar-refractivity contribution >= 4 is 17.1 Å². The lowest BCUT2D eigenvalue weighted by molar-refractivity contribution is 0.122. The minimum absolute atomic E-state index is 0.229. The van der Waals surface area contributed by atoms with Crippen molar-refractivity contribution in [3.05, 3.63) is 42.2 Å². The second-order valence-corrected chi connectivity index (χ2v) is 8.31. The molecule has 6 heteroatoms. The Labute approximate surface area is 172 Å². The van der Waals surface area contributed by atoms with E-state index in [9.17, 15) is 0 Å². The van der Waals surface area contributed by atoms with Gasteiger partial charge in [0.05, 0.1) is 24.6 Å². The zero-order valence-electron chi connectivity index (χ0n) is 17.6. The highest BCUT2D eigenvalue weighted by atomic mass is 19.1. The predicted molar refractivity (Wildman–Crippen MR) is 118 cm³/mol. The van der Waals surface area contributed by atoms with Crippen LogP contribution in [0.15, 0.2) is 36.4 Å². The van der Waals surface area contributed by atoms with Gasteiger partial charge in [-0.3, -0.25) is 4.90 Å². The molecule has 5 nitrogen and oxygen atoms in total. The van der Waals surface area contributed by atoms with Crippen molar-refractivity contribution in [2.45, 2.75) is 25.9 Å². The Bertz CT molecular complexity index is 839. The van der Waals surface area contributed by atoms with Crippen molar-refractivity contribution in [3.63, 3.8) is 0 Å². The van der Waals surface area contributed by atoms with E-state index in [-0.39, 0.29) is 5.82 Å². The Hall–Kier alpha value is -2.31. The summed E-state index contributed by atoms with van der Waals surface area (Å²) in [5.41, 5.74) is 10.3. The molecule has 0 unspecified atom stereocenters. The van der Waals surface area contributed by atoms with Crippen molar-refractivity contribution in [2.75, 3.05) is 62.0 Å². The zero-order valence-corrected chi connectivity index (χ0v) is 17.6. The third-order valence-corrected chi connectivity index (χ3v) is 6.37. The van der Waals surface area contributed by atoms with Crippen LogP contribution >= 0.6 is 0 Å². The number of hydrogen-bond acceptors (Lipinski definition) is 5. The maximum Gasteiger partial charge on any atom is 0.133 e. The molecule has 2 aromatic carbocycles. The monoisotopic (exact) mass is 398 g/mol. The molecule has 156 valence electrons. The molecular weight excluding hydrogens is 367 g/mol. The van der Waals surface area contributed by atoms with E-state index in [4.69, 9.17) is 10.5 Å². The molecule has 0 spiro atoms. The van der Waals surface area contributed by atoms with Crippen LogP contribution in [0.25, 0.3) is 11.1 Å². The second-order valence-electron chi connectivity index (χ2n) is 8.31. The van der Waals surface area contributed by atoms with Gasteiger partial charge in [-0.15, -0.1) is 0 Å². The molecule has 4 rings (SSSR count). The highest BCUT2D eigenvalue weighted by molar-refractivity contribution is 5.78. The lowest BCUT2D eigenvalue weighted by atomic mass is 10.0. The zero-order chi connectivity index (χ0) is 20.5. The van der Waals surface area contributed by atoms with Gasteiger partial charge >= 0.3 is 0 Å². The normalized spacial score (nSPS) is 23.4. The van der Waals surface area contributed by atoms with E-state index in [1.807, 2.05) is 24.3 Å². The summed E-state index contributed by atoms with van der Waals surface area (Å²) in [5.74, 6) is -0.229. The summed E-state index contributed by atoms with van der Waals surface area (Å²) in [6.07, 6.45) is 0. The molecule has 0 bridgehead atoms. The van der Waals surface area contributed by atoms with E-state index in [0.29, 0.717) is 23.3 Å². The van der Waals surface area contributed by atoms with Crippen molar-refractivity contribution in [3.8, 4) is 11.1 Å². The largest absolute Gasteiger partial charge is 0.397 e. The van der Waals surface area contributed by atoms with Crippen LogP contribution in [0.5, 0.6) is 0 Å². The molecule has 2 aliphatic heterocycles. The van der Waals surface area contributed by atoms with Crippen LogP contribution in [0.1, 0.15) is 13.8 Å². The molecular formula is C23H31FN4O. The molecule has 2 atom stereocenters. The van der Waals surface area contributed by atoms with Crippen LogP contribution in [-0.4, -0.2) is 63.4 Å². The summed E-state index contributed by atoms with van der Waals surface area (Å²) in [6, 6.07) is 12.2. The summed E-state index contributed by atoms with van der Waals surface area (Å²) in [4.78, 5) is 6.85. The number of piperazine rings is 1. The maximum absolute atomic E-state index is 15.1. The number of hydrogen-bond donors (Lipinski definition) is 1. The van der Waals surface area contributed by atoms with Gasteiger partial charge in [0.1, 0.15) is 5.82 Å². The fourth-order valence-electron chi connectivity index (χ4n) is 4.35. The fourth-order valence-corrected chi connectivity index (χ4v) is 4.35. The molecule has 0 aliphatic carbocycles. The molecule has 2 heterocycles. The van der Waals surface area contributed by atoms with Gasteiger partial charge in [0.25, 0.3) is 0 Å². The van der Waals surface area contributed by atoms with Gasteiger partial charge in [-0.25, -0.2) is 4.39 Å². The quantitative estimate of drug-likeness (QED) is 0.803. The average molecular weight is 399 g/mol. The van der Waals surface area contributed by atoms with E-state index >= 15 is 4.39 Å². The highest BCUT2D eigenvalue weighted by Gasteiger charge is 2.28. The fraction of sp³-hybridized carbons (Fsp3) is 0.478. The molecule has 0 saturated carbocycles. The Morgan fingerprint density at radius 1 is 0.966 bits per heavy atom. The van der Waals surface area contributed by atoms with Gasteiger partial charge in [0.2, 0.25) is 0 Å². The van der Waals surface area contributed by atoms with Crippen LogP contribution in [0, 0.1) is 5.82 Å². The van der Waals surface area contributed by atoms with Gasteiger partial charge in [0, 0.05) is 49.5 Å². The molecule has 0 radical (unpaired) electrons. The molecule has 2 N–H and O–H groups in total. The molecule has 0 amide bonds. The lowest BCUT2D eigenvalue weighted by Gasteiger charge is -2.43. The van der Waals surface area contributed by atoms with Gasteiger partial charge < -0.3 is 20.3 Å². The first-order valence-corrected chi connectivity index (χ1v) is 10.4. The maximum atomic E-state index is 15.1. The Kier molecular flexibility index (Phi) is 5.65. The number of likely N-dealkylation sites (N-methyl/N-ethyl adjacent to an activating group) is 1. The predicted octanol–water partition coefficient (Wildman–Crippen LogP) is 3.44. The smallest absolute Gasteiger partial charge is 0.133 e. The number of rotatable bonds is 3. The van der Waals surface area contributed by atoms with Gasteiger partial charge in [0.15, 0.2) is 0 Å². The first kappa shape index (κ1) is 20.0. The van der Waals surface area contributed by atoms with Crippen molar-refractivity contribution in [1.29, 1.82) is 0 Å². The van der Waals surface area contributed by atoms with Crippen LogP contribution in [0.4, 0.5) is 21.5 Å². The van der Waals surface area contributed by atoms with Crippen molar-refractivity contribution in [2.24, 2.45) is 0 Å². The molecule has 0 aromatic heterocycles. The Morgan fingerprint density at radius 3 is 2.21 bits per heavy atom. The summed E-state index contributed by atoms with van der Waals surface area (Å²) < 4.78 is 20.5. The van der Waals surface area contributed by atoms with Crippen LogP contribution in [0.2, 0.25) is 0 Å². The third kappa shape index (κ3) is 4.05. The number of anilines is 3. The number of nitrogen functional groups attached to an aromatic ring is 1. The second kappa shape index (κ2) is 8.20. The van der Waals surface area contributed by atoms with E-state index in [0.717, 1.165) is 56.3 Å². The first-order valence-electron chi connectivity index (χ1n) is 10.4. The van der Waals surface area contributed by atoms with Gasteiger partial charge in [-0.05, 0) is 50.7 Å². The number of morpholine rings is 1. The summed E-state index contributed by atoms with van der Waals surface area (Å²) in [7, 11) is 2.14. The topological polar surface area (TPSA) is 45.0 Å². The third-order valence-electron chi connectivity index (χ3n) is 6.37. The SMILES string of the molecule is C[C@@H]1CN(c2cc(F)c(-c3ccc(N4CCOCC4)cc3)cc2N)C[C@H](C)N1C. The van der Waals surface area contributed by atoms with E-state index in [1.54, 1.807) is 12.1 Å². The minimum Gasteiger partial charge on any atom is -0.397 e. The molecule has 2 aliphatic rings. The highest BCUT2D eigenvalue weighted by Crippen LogP contribution is 2.34. The number of nitrogens with two attached hydrogens (primary N) is 1. The number of ether oxygens (including phenoxy) is 1. The minimum atomic E-state index is -0.229. The van der Waals surface area contributed by atoms with E-state index in [2.05, 4.69) is 35.6 Å². The first-order chi connectivity index (χ1) is 13.9. The Balaban J connectivity index is 1.57. The summed E-state index contributed by atoms with van der Waals surface area (Å²) in [6.45, 7) is 9.35. The standard InChI is InChI=1S/C23H31FN4O/c1-16-14-28(15-17(2)26(16)3)23-13-21(24)20(12-22(23)25)18-4-6-19(7-5-18)27-8-10-29-11-9-27/h4-7,12-13,16-17H,8-11,14-15,25H2,1-3H3/t16-,17+. The average Bonchev–Trinajstić information content (AvgIpc) is 2.74. The number of nitrogens with zero attached hydrogens (tertiary/aromatic N) is 3.